The van der Waals surface area contributed by atoms with Crippen LogP contribution in [0, 0.1) is 5.92 Å². The van der Waals surface area contributed by atoms with Crippen LogP contribution in [0.15, 0.2) is 52.7 Å². The van der Waals surface area contributed by atoms with Crippen LogP contribution in [0.3, 0.4) is 0 Å². The van der Waals surface area contributed by atoms with Gasteiger partial charge in [0.25, 0.3) is 0 Å². The van der Waals surface area contributed by atoms with Gasteiger partial charge in [0, 0.05) is 5.38 Å². The summed E-state index contributed by atoms with van der Waals surface area (Å²) in [5, 5.41) is 6.29. The summed E-state index contributed by atoms with van der Waals surface area (Å²) in [5.74, 6) is -1.25. The predicted molar refractivity (Wildman–Crippen MR) is 124 cm³/mol. The fourth-order valence-corrected chi connectivity index (χ4v) is 5.14. The van der Waals surface area contributed by atoms with Crippen molar-refractivity contribution in [2.75, 3.05) is 11.9 Å². The average Bonchev–Trinajstić information content (AvgIpc) is 3.18. The van der Waals surface area contributed by atoms with Gasteiger partial charge in [0.1, 0.15) is 6.04 Å². The van der Waals surface area contributed by atoms with E-state index in [0.717, 1.165) is 22.1 Å². The standard InChI is InChI=1S/C22H25N3O5S2/c1-4-30-19(26)12-17-13-31-22(23-17)24-21(27)20(14(2)3)25-32(28,29)18-10-9-15-7-5-6-8-16(15)11-18/h5-11,13-14,20,25H,4,12H2,1-3H3,(H,23,24,27). The number of esters is 1. The Labute approximate surface area is 191 Å². The van der Waals surface area contributed by atoms with Crippen LogP contribution in [0.1, 0.15) is 26.5 Å². The third-order valence-corrected chi connectivity index (χ3v) is 6.92. The molecule has 0 aliphatic rings. The maximum Gasteiger partial charge on any atom is 0.311 e. The topological polar surface area (TPSA) is 114 Å². The van der Waals surface area contributed by atoms with E-state index in [1.165, 1.54) is 6.07 Å². The summed E-state index contributed by atoms with van der Waals surface area (Å²) in [7, 11) is -3.94. The monoisotopic (exact) mass is 475 g/mol. The van der Waals surface area contributed by atoms with E-state index in [2.05, 4.69) is 15.0 Å². The largest absolute Gasteiger partial charge is 0.466 e. The van der Waals surface area contributed by atoms with Crippen molar-refractivity contribution in [3.05, 3.63) is 53.5 Å². The van der Waals surface area contributed by atoms with Crippen molar-refractivity contribution >= 4 is 49.1 Å². The van der Waals surface area contributed by atoms with E-state index in [1.807, 2.05) is 24.3 Å². The molecule has 1 aromatic heterocycles. The Hall–Kier alpha value is -2.82. The number of carbonyl (C=O) groups is 2. The molecule has 32 heavy (non-hydrogen) atoms. The summed E-state index contributed by atoms with van der Waals surface area (Å²) >= 11 is 1.15. The number of aromatic nitrogens is 1. The third-order valence-electron chi connectivity index (χ3n) is 4.68. The molecule has 1 amide bonds. The van der Waals surface area contributed by atoms with Crippen LogP contribution in [0.2, 0.25) is 0 Å². The number of ether oxygens (including phenoxy) is 1. The van der Waals surface area contributed by atoms with E-state index in [1.54, 1.807) is 38.3 Å². The van der Waals surface area contributed by atoms with Crippen LogP contribution in [0.5, 0.6) is 0 Å². The number of benzene rings is 2. The van der Waals surface area contributed by atoms with Crippen molar-refractivity contribution in [3.8, 4) is 0 Å². The molecule has 170 valence electrons. The normalized spacial score (nSPS) is 12.6. The number of fused-ring (bicyclic) bond motifs is 1. The maximum atomic E-state index is 13.0. The van der Waals surface area contributed by atoms with E-state index < -0.39 is 27.9 Å². The lowest BCUT2D eigenvalue weighted by molar-refractivity contribution is -0.142. The number of amides is 1. The minimum Gasteiger partial charge on any atom is -0.466 e. The predicted octanol–water partition coefficient (Wildman–Crippen LogP) is 3.34. The third kappa shape index (κ3) is 5.90. The molecular weight excluding hydrogens is 450 g/mol. The number of hydrogen-bond donors (Lipinski definition) is 2. The highest BCUT2D eigenvalue weighted by Crippen LogP contribution is 2.21. The van der Waals surface area contributed by atoms with Crippen LogP contribution in [0.4, 0.5) is 5.13 Å². The van der Waals surface area contributed by atoms with Crippen LogP contribution < -0.4 is 10.0 Å². The SMILES string of the molecule is CCOC(=O)Cc1csc(NC(=O)C(NS(=O)(=O)c2ccc3ccccc3c2)C(C)C)n1. The van der Waals surface area contributed by atoms with Gasteiger partial charge in [0.05, 0.1) is 23.6 Å². The molecule has 0 saturated heterocycles. The highest BCUT2D eigenvalue weighted by atomic mass is 32.2. The molecule has 0 saturated carbocycles. The Kier molecular flexibility index (Phi) is 7.60. The molecule has 3 aromatic rings. The van der Waals surface area contributed by atoms with Gasteiger partial charge < -0.3 is 10.1 Å². The van der Waals surface area contributed by atoms with Gasteiger partial charge in [-0.25, -0.2) is 13.4 Å². The van der Waals surface area contributed by atoms with Crippen LogP contribution in [0.25, 0.3) is 10.8 Å². The lowest BCUT2D eigenvalue weighted by Gasteiger charge is -2.21. The second-order valence-electron chi connectivity index (χ2n) is 7.47. The minimum absolute atomic E-state index is 0.00239. The Morgan fingerprint density at radius 2 is 1.84 bits per heavy atom. The van der Waals surface area contributed by atoms with Gasteiger partial charge in [0.2, 0.25) is 15.9 Å². The quantitative estimate of drug-likeness (QED) is 0.459. The van der Waals surface area contributed by atoms with E-state index in [9.17, 15) is 18.0 Å². The molecule has 0 spiro atoms. The molecule has 2 N–H and O–H groups in total. The van der Waals surface area contributed by atoms with E-state index in [0.29, 0.717) is 5.69 Å². The molecule has 3 rings (SSSR count). The zero-order chi connectivity index (χ0) is 23.3. The number of carbonyl (C=O) groups excluding carboxylic acids is 2. The molecule has 0 radical (unpaired) electrons. The second kappa shape index (κ2) is 10.2. The number of anilines is 1. The molecule has 0 bridgehead atoms. The average molecular weight is 476 g/mol. The number of sulfonamides is 1. The summed E-state index contributed by atoms with van der Waals surface area (Å²) in [4.78, 5) is 28.7. The zero-order valence-electron chi connectivity index (χ0n) is 18.0. The molecule has 8 nitrogen and oxygen atoms in total. The van der Waals surface area contributed by atoms with Crippen molar-refractivity contribution in [1.29, 1.82) is 0 Å². The van der Waals surface area contributed by atoms with Crippen LogP contribution >= 0.6 is 11.3 Å². The van der Waals surface area contributed by atoms with Gasteiger partial charge in [0.15, 0.2) is 5.13 Å². The molecule has 1 heterocycles. The number of nitrogens with zero attached hydrogens (tertiary/aromatic N) is 1. The molecule has 0 aliphatic heterocycles. The fraction of sp³-hybridized carbons (Fsp3) is 0.318. The molecule has 1 atom stereocenters. The van der Waals surface area contributed by atoms with E-state index in [-0.39, 0.29) is 29.0 Å². The van der Waals surface area contributed by atoms with Gasteiger partial charge >= 0.3 is 5.97 Å². The number of rotatable bonds is 9. The van der Waals surface area contributed by atoms with Gasteiger partial charge in [-0.2, -0.15) is 4.72 Å². The molecule has 2 aromatic carbocycles. The Balaban J connectivity index is 1.73. The molecule has 10 heteroatoms. The lowest BCUT2D eigenvalue weighted by atomic mass is 10.1. The van der Waals surface area contributed by atoms with E-state index in [4.69, 9.17) is 4.74 Å². The van der Waals surface area contributed by atoms with Crippen molar-refractivity contribution in [2.45, 2.75) is 38.1 Å². The Morgan fingerprint density at radius 3 is 2.53 bits per heavy atom. The first-order chi connectivity index (χ1) is 15.2. The van der Waals surface area contributed by atoms with Crippen molar-refractivity contribution in [3.63, 3.8) is 0 Å². The number of hydrogen-bond acceptors (Lipinski definition) is 7. The second-order valence-corrected chi connectivity index (χ2v) is 10.0. The first-order valence-electron chi connectivity index (χ1n) is 10.1. The van der Waals surface area contributed by atoms with E-state index >= 15 is 0 Å². The van der Waals surface area contributed by atoms with Gasteiger partial charge in [-0.3, -0.25) is 9.59 Å². The van der Waals surface area contributed by atoms with Crippen LogP contribution in [-0.2, 0) is 30.8 Å². The van der Waals surface area contributed by atoms with Crippen molar-refractivity contribution in [2.24, 2.45) is 5.92 Å². The summed E-state index contributed by atoms with van der Waals surface area (Å²) in [6.07, 6.45) is 0.00239. The number of nitrogens with one attached hydrogen (secondary N) is 2. The molecule has 0 aliphatic carbocycles. The fourth-order valence-electron chi connectivity index (χ4n) is 3.05. The first kappa shape index (κ1) is 23.8. The summed E-state index contributed by atoms with van der Waals surface area (Å²) in [5.41, 5.74) is 0.474. The smallest absolute Gasteiger partial charge is 0.311 e. The highest BCUT2D eigenvalue weighted by molar-refractivity contribution is 7.89. The molecule has 0 fully saturated rings. The van der Waals surface area contributed by atoms with Crippen molar-refractivity contribution in [1.82, 2.24) is 9.71 Å². The lowest BCUT2D eigenvalue weighted by Crippen LogP contribution is -2.47. The molecular formula is C22H25N3O5S2. The summed E-state index contributed by atoms with van der Waals surface area (Å²) < 4.78 is 33.4. The Bertz CT molecular complexity index is 1220. The number of thiazole rings is 1. The van der Waals surface area contributed by atoms with Gasteiger partial charge in [-0.1, -0.05) is 44.2 Å². The molecule has 1 unspecified atom stereocenters. The van der Waals surface area contributed by atoms with Crippen molar-refractivity contribution < 1.29 is 22.7 Å². The first-order valence-corrected chi connectivity index (χ1v) is 12.5. The Morgan fingerprint density at radius 1 is 1.12 bits per heavy atom. The summed E-state index contributed by atoms with van der Waals surface area (Å²) in [6.45, 7) is 5.50. The van der Waals surface area contributed by atoms with Gasteiger partial charge in [-0.05, 0) is 35.7 Å². The van der Waals surface area contributed by atoms with Gasteiger partial charge in [-0.15, -0.1) is 11.3 Å². The summed E-state index contributed by atoms with van der Waals surface area (Å²) in [6, 6.07) is 11.3. The highest BCUT2D eigenvalue weighted by Gasteiger charge is 2.29. The maximum absolute atomic E-state index is 13.0. The van der Waals surface area contributed by atoms with Crippen LogP contribution in [-0.4, -0.2) is 37.9 Å². The minimum atomic E-state index is -3.94. The zero-order valence-corrected chi connectivity index (χ0v) is 19.6.